The van der Waals surface area contributed by atoms with Crippen LogP contribution in [0.15, 0.2) is 18.5 Å². The summed E-state index contributed by atoms with van der Waals surface area (Å²) in [6.07, 6.45) is 7.55. The Hall–Kier alpha value is -1.85. The lowest BCUT2D eigenvalue weighted by atomic mass is 9.95. The third-order valence-electron chi connectivity index (χ3n) is 4.65. The van der Waals surface area contributed by atoms with E-state index in [2.05, 4.69) is 10.4 Å². The van der Waals surface area contributed by atoms with E-state index >= 15 is 0 Å². The van der Waals surface area contributed by atoms with Crippen molar-refractivity contribution < 1.29 is 9.59 Å². The van der Waals surface area contributed by atoms with Crippen LogP contribution in [0.4, 0.5) is 0 Å². The molecule has 1 aromatic heterocycles. The van der Waals surface area contributed by atoms with Crippen molar-refractivity contribution in [1.82, 2.24) is 20.0 Å². The smallest absolute Gasteiger partial charge is 0.248 e. The van der Waals surface area contributed by atoms with Gasteiger partial charge in [0.15, 0.2) is 0 Å². The maximum atomic E-state index is 13.0. The van der Waals surface area contributed by atoms with Gasteiger partial charge in [0.25, 0.3) is 0 Å². The minimum atomic E-state index is -0.647. The van der Waals surface area contributed by atoms with Crippen LogP contribution in [0.3, 0.4) is 0 Å². The van der Waals surface area contributed by atoms with Crippen LogP contribution in [-0.4, -0.2) is 44.6 Å². The molecule has 2 aliphatic rings. The molecule has 1 aliphatic carbocycles. The molecule has 6 nitrogen and oxygen atoms in total. The van der Waals surface area contributed by atoms with E-state index in [-0.39, 0.29) is 17.9 Å². The van der Waals surface area contributed by atoms with Gasteiger partial charge in [-0.3, -0.25) is 14.3 Å². The van der Waals surface area contributed by atoms with E-state index in [1.165, 1.54) is 0 Å². The van der Waals surface area contributed by atoms with Crippen molar-refractivity contribution in [2.24, 2.45) is 0 Å². The molecule has 2 amide bonds. The fourth-order valence-electron chi connectivity index (χ4n) is 3.51. The number of rotatable bonds is 3. The number of carbonyl (C=O) groups excluding carboxylic acids is 2. The van der Waals surface area contributed by atoms with Gasteiger partial charge in [0, 0.05) is 31.4 Å². The van der Waals surface area contributed by atoms with Crippen molar-refractivity contribution in [1.29, 1.82) is 0 Å². The molecule has 1 spiro atoms. The largest absolute Gasteiger partial charge is 0.342 e. The summed E-state index contributed by atoms with van der Waals surface area (Å²) in [5, 5.41) is 7.18. The van der Waals surface area contributed by atoms with Gasteiger partial charge in [-0.25, -0.2) is 0 Å². The molecule has 1 aliphatic heterocycles. The maximum absolute atomic E-state index is 13.0. The van der Waals surface area contributed by atoms with Crippen LogP contribution in [0.25, 0.3) is 0 Å². The first-order valence-electron chi connectivity index (χ1n) is 7.70. The van der Waals surface area contributed by atoms with E-state index < -0.39 is 5.54 Å². The van der Waals surface area contributed by atoms with E-state index in [9.17, 15) is 9.59 Å². The third-order valence-corrected chi connectivity index (χ3v) is 4.65. The van der Waals surface area contributed by atoms with E-state index in [1.807, 2.05) is 28.8 Å². The van der Waals surface area contributed by atoms with E-state index in [1.54, 1.807) is 6.20 Å². The van der Waals surface area contributed by atoms with E-state index in [0.29, 0.717) is 19.5 Å². The molecule has 1 aromatic rings. The fraction of sp³-hybridized carbons (Fsp3) is 0.667. The van der Waals surface area contributed by atoms with Crippen LogP contribution in [0.5, 0.6) is 0 Å². The molecule has 0 bridgehead atoms. The lowest BCUT2D eigenvalue weighted by Crippen LogP contribution is -2.56. The van der Waals surface area contributed by atoms with Crippen molar-refractivity contribution in [2.75, 3.05) is 6.54 Å². The Morgan fingerprint density at radius 2 is 2.10 bits per heavy atom. The summed E-state index contributed by atoms with van der Waals surface area (Å²) < 4.78 is 1.82. The van der Waals surface area contributed by atoms with Gasteiger partial charge in [-0.1, -0.05) is 12.8 Å². The first-order valence-corrected chi connectivity index (χ1v) is 7.70. The summed E-state index contributed by atoms with van der Waals surface area (Å²) in [6, 6.07) is 1.81. The van der Waals surface area contributed by atoms with Gasteiger partial charge in [-0.05, 0) is 25.8 Å². The molecule has 1 unspecified atom stereocenters. The summed E-state index contributed by atoms with van der Waals surface area (Å²) in [5.41, 5.74) is -0.647. The molecule has 1 saturated carbocycles. The van der Waals surface area contributed by atoms with Gasteiger partial charge in [0.2, 0.25) is 11.8 Å². The van der Waals surface area contributed by atoms with Gasteiger partial charge >= 0.3 is 0 Å². The van der Waals surface area contributed by atoms with Crippen LogP contribution in [-0.2, 0) is 16.1 Å². The standard InChI is InChI=1S/C15H22N4O2/c1-12-11-13(20)17-15(5-2-3-6-15)14(21)19(12)10-9-18-8-4-7-16-18/h4,7-8,12H,2-3,5-6,9-11H2,1H3,(H,17,20). The maximum Gasteiger partial charge on any atom is 0.248 e. The lowest BCUT2D eigenvalue weighted by molar-refractivity contribution is -0.140. The lowest BCUT2D eigenvalue weighted by Gasteiger charge is -2.34. The number of nitrogens with zero attached hydrogens (tertiary/aromatic N) is 3. The first-order chi connectivity index (χ1) is 10.1. The highest BCUT2D eigenvalue weighted by molar-refractivity contribution is 5.94. The molecule has 21 heavy (non-hydrogen) atoms. The average molecular weight is 290 g/mol. The second-order valence-corrected chi connectivity index (χ2v) is 6.16. The molecule has 2 heterocycles. The molecular formula is C15H22N4O2. The number of hydrogen-bond acceptors (Lipinski definition) is 3. The van der Waals surface area contributed by atoms with Crippen molar-refractivity contribution in [3.05, 3.63) is 18.5 Å². The highest BCUT2D eigenvalue weighted by Gasteiger charge is 2.47. The van der Waals surface area contributed by atoms with Crippen LogP contribution in [0.1, 0.15) is 39.0 Å². The molecule has 1 atom stereocenters. The molecule has 0 aromatic carbocycles. The predicted octanol–water partition coefficient (Wildman–Crippen LogP) is 0.933. The number of nitrogens with one attached hydrogen (secondary N) is 1. The normalized spacial score (nSPS) is 25.2. The quantitative estimate of drug-likeness (QED) is 0.900. The second-order valence-electron chi connectivity index (χ2n) is 6.16. The zero-order valence-electron chi connectivity index (χ0n) is 12.4. The Morgan fingerprint density at radius 1 is 1.33 bits per heavy atom. The Bertz CT molecular complexity index is 520. The Kier molecular flexibility index (Phi) is 3.69. The number of aromatic nitrogens is 2. The van der Waals surface area contributed by atoms with Crippen molar-refractivity contribution in [3.63, 3.8) is 0 Å². The summed E-state index contributed by atoms with van der Waals surface area (Å²) in [7, 11) is 0. The molecule has 2 fully saturated rings. The summed E-state index contributed by atoms with van der Waals surface area (Å²) >= 11 is 0. The zero-order chi connectivity index (χ0) is 14.9. The highest BCUT2D eigenvalue weighted by atomic mass is 16.2. The topological polar surface area (TPSA) is 67.2 Å². The van der Waals surface area contributed by atoms with Gasteiger partial charge in [-0.2, -0.15) is 5.10 Å². The predicted molar refractivity (Wildman–Crippen MR) is 77.4 cm³/mol. The Morgan fingerprint density at radius 3 is 2.76 bits per heavy atom. The average Bonchev–Trinajstić information content (AvgIpc) is 3.08. The molecular weight excluding hydrogens is 268 g/mol. The SMILES string of the molecule is CC1CC(=O)NC2(CCCC2)C(=O)N1CCn1cccn1. The first kappa shape index (κ1) is 14.1. The molecule has 1 saturated heterocycles. The third kappa shape index (κ3) is 2.66. The molecule has 1 N–H and O–H groups in total. The van der Waals surface area contributed by atoms with Crippen LogP contribution in [0, 0.1) is 0 Å². The minimum absolute atomic E-state index is 0.000612. The second kappa shape index (κ2) is 5.50. The van der Waals surface area contributed by atoms with Crippen LogP contribution < -0.4 is 5.32 Å². The molecule has 6 heteroatoms. The van der Waals surface area contributed by atoms with Gasteiger partial charge < -0.3 is 10.2 Å². The van der Waals surface area contributed by atoms with E-state index in [4.69, 9.17) is 0 Å². The van der Waals surface area contributed by atoms with Gasteiger partial charge in [0.1, 0.15) is 5.54 Å². The monoisotopic (exact) mass is 290 g/mol. The zero-order valence-corrected chi connectivity index (χ0v) is 12.4. The number of carbonyl (C=O) groups is 2. The molecule has 3 rings (SSSR count). The number of hydrogen-bond donors (Lipinski definition) is 1. The fourth-order valence-corrected chi connectivity index (χ4v) is 3.51. The molecule has 114 valence electrons. The Labute approximate surface area is 124 Å². The Balaban J connectivity index is 1.78. The summed E-state index contributed by atoms with van der Waals surface area (Å²) in [5.74, 6) is 0.0878. The van der Waals surface area contributed by atoms with Gasteiger partial charge in [0.05, 0.1) is 6.54 Å². The van der Waals surface area contributed by atoms with Gasteiger partial charge in [-0.15, -0.1) is 0 Å². The molecule has 0 radical (unpaired) electrons. The van der Waals surface area contributed by atoms with Crippen LogP contribution >= 0.6 is 0 Å². The van der Waals surface area contributed by atoms with Crippen molar-refractivity contribution in [3.8, 4) is 0 Å². The number of amides is 2. The summed E-state index contributed by atoms with van der Waals surface area (Å²) in [6.45, 7) is 3.21. The summed E-state index contributed by atoms with van der Waals surface area (Å²) in [4.78, 5) is 26.9. The van der Waals surface area contributed by atoms with E-state index in [0.717, 1.165) is 25.7 Å². The highest BCUT2D eigenvalue weighted by Crippen LogP contribution is 2.34. The minimum Gasteiger partial charge on any atom is -0.342 e. The van der Waals surface area contributed by atoms with Crippen molar-refractivity contribution in [2.45, 2.75) is 57.2 Å². The van der Waals surface area contributed by atoms with Crippen molar-refractivity contribution >= 4 is 11.8 Å². The van der Waals surface area contributed by atoms with Crippen LogP contribution in [0.2, 0.25) is 0 Å².